The molecule has 0 N–H and O–H groups in total. The van der Waals surface area contributed by atoms with Crippen molar-refractivity contribution in [3.63, 3.8) is 0 Å². The van der Waals surface area contributed by atoms with Gasteiger partial charge >= 0.3 is 12.1 Å². The molecule has 1 amide bonds. The van der Waals surface area contributed by atoms with Crippen LogP contribution in [-0.4, -0.2) is 48.2 Å². The van der Waals surface area contributed by atoms with Crippen LogP contribution < -0.4 is 0 Å². The van der Waals surface area contributed by atoms with Gasteiger partial charge in [0.1, 0.15) is 5.60 Å². The Morgan fingerprint density at radius 3 is 2.55 bits per heavy atom. The number of likely N-dealkylation sites (tertiary alicyclic amines) is 1. The quantitative estimate of drug-likeness (QED) is 0.593. The Labute approximate surface area is 129 Å². The van der Waals surface area contributed by atoms with Gasteiger partial charge in [0.15, 0.2) is 0 Å². The molecule has 22 heavy (non-hydrogen) atoms. The summed E-state index contributed by atoms with van der Waals surface area (Å²) in [5, 5.41) is 0. The maximum atomic E-state index is 13.8. The number of nitrogens with zero attached hydrogens (tertiary/aromatic N) is 1. The molecule has 0 aromatic rings. The van der Waals surface area contributed by atoms with Crippen LogP contribution in [0.3, 0.4) is 0 Å². The molecule has 1 heterocycles. The number of piperidine rings is 1. The van der Waals surface area contributed by atoms with Crippen molar-refractivity contribution >= 4 is 12.1 Å². The lowest BCUT2D eigenvalue weighted by Crippen LogP contribution is -2.50. The van der Waals surface area contributed by atoms with Crippen LogP contribution in [0.15, 0.2) is 12.2 Å². The maximum Gasteiger partial charge on any atom is 0.410 e. The van der Waals surface area contributed by atoms with Crippen molar-refractivity contribution in [2.24, 2.45) is 5.92 Å². The summed E-state index contributed by atoms with van der Waals surface area (Å²) in [5.74, 6) is -4.22. The first-order chi connectivity index (χ1) is 10.0. The number of hydrogen-bond donors (Lipinski definition) is 0. The molecule has 1 aliphatic heterocycles. The van der Waals surface area contributed by atoms with E-state index in [1.165, 1.54) is 6.08 Å². The van der Waals surface area contributed by atoms with Gasteiger partial charge in [0.25, 0.3) is 5.92 Å². The van der Waals surface area contributed by atoms with Crippen molar-refractivity contribution in [3.05, 3.63) is 12.2 Å². The minimum atomic E-state index is -3.02. The Kier molecular flexibility index (Phi) is 5.91. The predicted molar refractivity (Wildman–Crippen MR) is 76.6 cm³/mol. The molecule has 0 aliphatic carbocycles. The first-order valence-electron chi connectivity index (χ1n) is 7.23. The number of carbonyl (C=O) groups is 2. The van der Waals surface area contributed by atoms with Crippen molar-refractivity contribution in [1.29, 1.82) is 0 Å². The van der Waals surface area contributed by atoms with E-state index in [-0.39, 0.29) is 13.2 Å². The molecule has 1 aliphatic rings. The van der Waals surface area contributed by atoms with E-state index >= 15 is 0 Å². The lowest BCUT2D eigenvalue weighted by Gasteiger charge is -2.37. The van der Waals surface area contributed by atoms with Gasteiger partial charge in [-0.25, -0.2) is 18.4 Å². The van der Waals surface area contributed by atoms with Gasteiger partial charge in [-0.3, -0.25) is 0 Å². The summed E-state index contributed by atoms with van der Waals surface area (Å²) in [4.78, 5) is 24.2. The summed E-state index contributed by atoms with van der Waals surface area (Å²) in [6.07, 6.45) is 1.30. The lowest BCUT2D eigenvalue weighted by atomic mass is 9.95. The monoisotopic (exact) mass is 319 g/mol. The number of esters is 1. The fourth-order valence-corrected chi connectivity index (χ4v) is 2.14. The summed E-state index contributed by atoms with van der Waals surface area (Å²) < 4.78 is 37.4. The van der Waals surface area contributed by atoms with E-state index in [1.807, 2.05) is 0 Å². The standard InChI is InChI=1S/C15H23F2NO4/c1-5-21-12(19)7-6-11-8-15(16,17)10-18(9-11)13(20)22-14(2,3)4/h6-7,11H,5,8-10H2,1-4H3/b7-6+. The SMILES string of the molecule is CCOC(=O)/C=C/C1CN(C(=O)OC(C)(C)C)CC(F)(F)C1. The third-order valence-corrected chi connectivity index (χ3v) is 2.88. The fraction of sp³-hybridized carbons (Fsp3) is 0.733. The van der Waals surface area contributed by atoms with Crippen molar-refractivity contribution in [2.45, 2.75) is 45.6 Å². The van der Waals surface area contributed by atoms with Crippen LogP contribution >= 0.6 is 0 Å². The van der Waals surface area contributed by atoms with Gasteiger partial charge in [0.05, 0.1) is 13.2 Å². The second-order valence-electron chi connectivity index (χ2n) is 6.29. The third kappa shape index (κ3) is 6.41. The number of halogens is 2. The number of ether oxygens (including phenoxy) is 2. The Balaban J connectivity index is 2.73. The second kappa shape index (κ2) is 7.07. The van der Waals surface area contributed by atoms with Crippen molar-refractivity contribution < 1.29 is 27.8 Å². The number of hydrogen-bond acceptors (Lipinski definition) is 4. The van der Waals surface area contributed by atoms with Crippen LogP contribution in [0.4, 0.5) is 13.6 Å². The van der Waals surface area contributed by atoms with E-state index < -0.39 is 42.5 Å². The van der Waals surface area contributed by atoms with Gasteiger partial charge < -0.3 is 14.4 Å². The van der Waals surface area contributed by atoms with Crippen LogP contribution in [-0.2, 0) is 14.3 Å². The highest BCUT2D eigenvalue weighted by molar-refractivity contribution is 5.81. The van der Waals surface area contributed by atoms with E-state index in [1.54, 1.807) is 27.7 Å². The predicted octanol–water partition coefficient (Wildman–Crippen LogP) is 3.00. The molecular formula is C15H23F2NO4. The Morgan fingerprint density at radius 1 is 1.36 bits per heavy atom. The average molecular weight is 319 g/mol. The number of rotatable bonds is 3. The molecule has 1 atom stereocenters. The summed E-state index contributed by atoms with van der Waals surface area (Å²) in [5.41, 5.74) is -0.750. The second-order valence-corrected chi connectivity index (χ2v) is 6.29. The van der Waals surface area contributed by atoms with Gasteiger partial charge in [-0.2, -0.15) is 0 Å². The first-order valence-corrected chi connectivity index (χ1v) is 7.23. The molecular weight excluding hydrogens is 296 g/mol. The van der Waals surface area contributed by atoms with Crippen LogP contribution in [0, 0.1) is 5.92 Å². The van der Waals surface area contributed by atoms with E-state index in [4.69, 9.17) is 9.47 Å². The summed E-state index contributed by atoms with van der Waals surface area (Å²) in [6.45, 7) is 6.30. The zero-order chi connectivity index (χ0) is 17.0. The third-order valence-electron chi connectivity index (χ3n) is 2.88. The van der Waals surface area contributed by atoms with Gasteiger partial charge in [0.2, 0.25) is 0 Å². The molecule has 126 valence electrons. The maximum absolute atomic E-state index is 13.8. The summed E-state index contributed by atoms with van der Waals surface area (Å²) in [6, 6.07) is 0. The van der Waals surface area contributed by atoms with Gasteiger partial charge in [-0.15, -0.1) is 0 Å². The van der Waals surface area contributed by atoms with E-state index in [2.05, 4.69) is 0 Å². The Hall–Kier alpha value is -1.66. The molecule has 1 rings (SSSR count). The Morgan fingerprint density at radius 2 is 2.00 bits per heavy atom. The molecule has 0 aromatic heterocycles. The molecule has 0 spiro atoms. The van der Waals surface area contributed by atoms with Gasteiger partial charge in [-0.1, -0.05) is 6.08 Å². The highest BCUT2D eigenvalue weighted by Gasteiger charge is 2.42. The number of alkyl halides is 2. The molecule has 1 saturated heterocycles. The van der Waals surface area contributed by atoms with Gasteiger partial charge in [0, 0.05) is 25.0 Å². The van der Waals surface area contributed by atoms with E-state index in [9.17, 15) is 18.4 Å². The first kappa shape index (κ1) is 18.4. The molecule has 0 bridgehead atoms. The molecule has 0 saturated carbocycles. The molecule has 1 unspecified atom stereocenters. The van der Waals surface area contributed by atoms with E-state index in [0.717, 1.165) is 11.0 Å². The van der Waals surface area contributed by atoms with Crippen LogP contribution in [0.5, 0.6) is 0 Å². The van der Waals surface area contributed by atoms with Crippen molar-refractivity contribution in [1.82, 2.24) is 4.90 Å². The number of carbonyl (C=O) groups excluding carboxylic acids is 2. The molecule has 0 radical (unpaired) electrons. The molecule has 1 fully saturated rings. The molecule has 5 nitrogen and oxygen atoms in total. The zero-order valence-electron chi connectivity index (χ0n) is 13.4. The van der Waals surface area contributed by atoms with Crippen molar-refractivity contribution in [3.8, 4) is 0 Å². The highest BCUT2D eigenvalue weighted by Crippen LogP contribution is 2.32. The smallest absolute Gasteiger partial charge is 0.410 e. The largest absolute Gasteiger partial charge is 0.463 e. The van der Waals surface area contributed by atoms with Crippen LogP contribution in [0.25, 0.3) is 0 Å². The summed E-state index contributed by atoms with van der Waals surface area (Å²) >= 11 is 0. The number of amides is 1. The average Bonchev–Trinajstić information content (AvgIpc) is 2.33. The minimum absolute atomic E-state index is 0.0837. The highest BCUT2D eigenvalue weighted by atomic mass is 19.3. The fourth-order valence-electron chi connectivity index (χ4n) is 2.14. The molecule has 0 aromatic carbocycles. The zero-order valence-corrected chi connectivity index (χ0v) is 13.4. The van der Waals surface area contributed by atoms with Crippen LogP contribution in [0.2, 0.25) is 0 Å². The van der Waals surface area contributed by atoms with E-state index in [0.29, 0.717) is 0 Å². The Bertz CT molecular complexity index is 443. The van der Waals surface area contributed by atoms with Gasteiger partial charge in [-0.05, 0) is 27.7 Å². The lowest BCUT2D eigenvalue weighted by molar-refractivity contribution is -0.137. The molecule has 7 heteroatoms. The normalized spacial score (nSPS) is 21.7. The van der Waals surface area contributed by atoms with Crippen molar-refractivity contribution in [2.75, 3.05) is 19.7 Å². The summed E-state index contributed by atoms with van der Waals surface area (Å²) in [7, 11) is 0. The minimum Gasteiger partial charge on any atom is -0.463 e. The topological polar surface area (TPSA) is 55.8 Å². The van der Waals surface area contributed by atoms with Crippen LogP contribution in [0.1, 0.15) is 34.1 Å².